The van der Waals surface area contributed by atoms with Gasteiger partial charge in [0, 0.05) is 30.5 Å². The van der Waals surface area contributed by atoms with Gasteiger partial charge in [0.05, 0.1) is 17.2 Å². The molecule has 2 aromatic rings. The van der Waals surface area contributed by atoms with Crippen LogP contribution in [0.3, 0.4) is 0 Å². The van der Waals surface area contributed by atoms with Gasteiger partial charge in [-0.1, -0.05) is 0 Å². The summed E-state index contributed by atoms with van der Waals surface area (Å²) in [5.41, 5.74) is 0. The number of fused-ring (bicyclic) bond motifs is 1. The highest BCUT2D eigenvalue weighted by atomic mass is 35.5. The maximum Gasteiger partial charge on any atom is 0.247 e. The molecule has 0 atom stereocenters. The fourth-order valence-corrected chi connectivity index (χ4v) is 5.21. The van der Waals surface area contributed by atoms with Crippen LogP contribution < -0.4 is 10.5 Å². The van der Waals surface area contributed by atoms with Crippen LogP contribution in [-0.4, -0.2) is 41.9 Å². The minimum atomic E-state index is -3.59. The van der Waals surface area contributed by atoms with E-state index >= 15 is 0 Å². The summed E-state index contributed by atoms with van der Waals surface area (Å²) < 4.78 is 34.1. The fourth-order valence-electron chi connectivity index (χ4n) is 1.85. The van der Waals surface area contributed by atoms with E-state index in [0.29, 0.717) is 19.8 Å². The van der Waals surface area contributed by atoms with Crippen LogP contribution in [0.5, 0.6) is 0 Å². The quantitative estimate of drug-likeness (QED) is 0.596. The first-order chi connectivity index (χ1) is 10.5. The zero-order valence-electron chi connectivity index (χ0n) is 12.7. The second-order valence-electron chi connectivity index (χ2n) is 4.70. The molecule has 10 heteroatoms. The molecule has 0 aromatic carbocycles. The molecule has 6 nitrogen and oxygen atoms in total. The summed E-state index contributed by atoms with van der Waals surface area (Å²) >= 11 is 2.82. The second kappa shape index (κ2) is 9.90. The third-order valence-corrected chi connectivity index (χ3v) is 6.71. The number of hydrogen-bond donors (Lipinski definition) is 2. The molecule has 0 fully saturated rings. The number of nitrogens with two attached hydrogens (primary N) is 1. The van der Waals surface area contributed by atoms with Gasteiger partial charge in [-0.05, 0) is 25.1 Å². The van der Waals surface area contributed by atoms with Gasteiger partial charge >= 0.3 is 0 Å². The van der Waals surface area contributed by atoms with Crippen LogP contribution in [0.25, 0.3) is 9.40 Å². The van der Waals surface area contributed by atoms with Crippen LogP contribution in [0.1, 0.15) is 11.3 Å². The Bertz CT molecular complexity index is 668. The van der Waals surface area contributed by atoms with Gasteiger partial charge in [-0.2, -0.15) is 0 Å². The summed E-state index contributed by atoms with van der Waals surface area (Å²) in [7, 11) is -1.94. The van der Waals surface area contributed by atoms with Crippen LogP contribution in [0.15, 0.2) is 16.3 Å². The van der Waals surface area contributed by atoms with E-state index < -0.39 is 10.0 Å². The van der Waals surface area contributed by atoms with Crippen LogP contribution in [0, 0.1) is 0 Å². The van der Waals surface area contributed by atoms with E-state index in [1.807, 2.05) is 6.07 Å². The SMILES string of the molecule is COCCOCCCNCc1cc2cc(S(N)(=O)=O)sc2s1.Cl. The van der Waals surface area contributed by atoms with Crippen LogP contribution in [0.2, 0.25) is 0 Å². The topological polar surface area (TPSA) is 90.7 Å². The van der Waals surface area contributed by atoms with Crippen molar-refractivity contribution in [2.75, 3.05) is 33.5 Å². The van der Waals surface area contributed by atoms with Gasteiger partial charge in [0.2, 0.25) is 10.0 Å². The number of primary sulfonamides is 1. The predicted octanol–water partition coefficient (Wildman–Crippen LogP) is 2.17. The zero-order chi connectivity index (χ0) is 16.0. The Hall–Kier alpha value is -0.260. The molecule has 0 radical (unpaired) electrons. The monoisotopic (exact) mass is 400 g/mol. The van der Waals surface area contributed by atoms with E-state index in [-0.39, 0.29) is 16.6 Å². The Balaban J connectivity index is 0.00000264. The number of rotatable bonds is 10. The van der Waals surface area contributed by atoms with Crippen molar-refractivity contribution in [3.8, 4) is 0 Å². The Morgan fingerprint density at radius 3 is 2.65 bits per heavy atom. The summed E-state index contributed by atoms with van der Waals surface area (Å²) in [6.45, 7) is 3.62. The van der Waals surface area contributed by atoms with E-state index in [4.69, 9.17) is 14.6 Å². The Morgan fingerprint density at radius 1 is 1.22 bits per heavy atom. The second-order valence-corrected chi connectivity index (χ2v) is 8.94. The standard InChI is InChI=1S/C13H20N2O4S3.ClH/c1-18-5-6-19-4-2-3-15-9-11-7-10-8-12(22(14,16)17)21-13(10)20-11;/h7-8,15H,2-6,9H2,1H3,(H2,14,16,17);1H. The van der Waals surface area contributed by atoms with Gasteiger partial charge in [0.1, 0.15) is 4.21 Å². The molecule has 0 aliphatic rings. The number of thiophene rings is 2. The molecule has 0 spiro atoms. The minimum Gasteiger partial charge on any atom is -0.382 e. The maximum absolute atomic E-state index is 11.3. The van der Waals surface area contributed by atoms with Crippen molar-refractivity contribution >= 4 is 54.5 Å². The summed E-state index contributed by atoms with van der Waals surface area (Å²) in [5.74, 6) is 0. The van der Waals surface area contributed by atoms with Crippen molar-refractivity contribution in [2.45, 2.75) is 17.2 Å². The van der Waals surface area contributed by atoms with Crippen LogP contribution in [-0.2, 0) is 26.0 Å². The number of halogens is 1. The summed E-state index contributed by atoms with van der Waals surface area (Å²) in [4.78, 5) is 1.18. The fraction of sp³-hybridized carbons (Fsp3) is 0.538. The minimum absolute atomic E-state index is 0. The molecule has 132 valence electrons. The van der Waals surface area contributed by atoms with Gasteiger partial charge in [0.25, 0.3) is 0 Å². The molecule has 0 saturated carbocycles. The lowest BCUT2D eigenvalue weighted by molar-refractivity contribution is 0.0695. The van der Waals surface area contributed by atoms with Crippen molar-refractivity contribution in [2.24, 2.45) is 5.14 Å². The van der Waals surface area contributed by atoms with Crippen molar-refractivity contribution in [3.05, 3.63) is 17.0 Å². The van der Waals surface area contributed by atoms with Crippen molar-refractivity contribution in [1.82, 2.24) is 5.32 Å². The molecule has 3 N–H and O–H groups in total. The highest BCUT2D eigenvalue weighted by molar-refractivity contribution is 7.91. The number of ether oxygens (including phenoxy) is 2. The summed E-state index contributed by atoms with van der Waals surface area (Å²) in [6, 6.07) is 3.65. The first kappa shape index (κ1) is 20.8. The van der Waals surface area contributed by atoms with Crippen LogP contribution >= 0.6 is 35.1 Å². The van der Waals surface area contributed by atoms with E-state index in [0.717, 1.165) is 28.9 Å². The van der Waals surface area contributed by atoms with Gasteiger partial charge in [0.15, 0.2) is 0 Å². The van der Waals surface area contributed by atoms with Crippen molar-refractivity contribution in [3.63, 3.8) is 0 Å². The molecule has 0 saturated heterocycles. The zero-order valence-corrected chi connectivity index (χ0v) is 16.0. The maximum atomic E-state index is 11.3. The van der Waals surface area contributed by atoms with Crippen molar-refractivity contribution in [1.29, 1.82) is 0 Å². The van der Waals surface area contributed by atoms with E-state index in [2.05, 4.69) is 5.32 Å². The number of methoxy groups -OCH3 is 1. The molecule has 0 aliphatic carbocycles. The van der Waals surface area contributed by atoms with Crippen molar-refractivity contribution < 1.29 is 17.9 Å². The summed E-state index contributed by atoms with van der Waals surface area (Å²) in [5, 5.41) is 9.42. The summed E-state index contributed by atoms with van der Waals surface area (Å²) in [6.07, 6.45) is 0.943. The number of sulfonamides is 1. The van der Waals surface area contributed by atoms with E-state index in [1.165, 1.54) is 16.2 Å². The lowest BCUT2D eigenvalue weighted by Gasteiger charge is -2.04. The predicted molar refractivity (Wildman–Crippen MR) is 97.3 cm³/mol. The Morgan fingerprint density at radius 2 is 2.00 bits per heavy atom. The van der Waals surface area contributed by atoms with Crippen LogP contribution in [0.4, 0.5) is 0 Å². The average Bonchev–Trinajstić information content (AvgIpc) is 2.99. The molecule has 0 bridgehead atoms. The smallest absolute Gasteiger partial charge is 0.247 e. The first-order valence-electron chi connectivity index (χ1n) is 6.83. The molecule has 0 unspecified atom stereocenters. The third-order valence-electron chi connectivity index (χ3n) is 2.90. The molecule has 2 heterocycles. The van der Waals surface area contributed by atoms with Gasteiger partial charge in [-0.25, -0.2) is 13.6 Å². The number of nitrogens with one attached hydrogen (secondary N) is 1. The lowest BCUT2D eigenvalue weighted by Crippen LogP contribution is -2.16. The molecule has 23 heavy (non-hydrogen) atoms. The Kier molecular flexibility index (Phi) is 8.94. The normalized spacial score (nSPS) is 11.7. The third kappa shape index (κ3) is 6.63. The van der Waals surface area contributed by atoms with E-state index in [9.17, 15) is 8.42 Å². The molecular formula is C13H21ClN2O4S3. The van der Waals surface area contributed by atoms with Gasteiger partial charge in [-0.15, -0.1) is 35.1 Å². The average molecular weight is 401 g/mol. The molecular weight excluding hydrogens is 380 g/mol. The number of hydrogen-bond acceptors (Lipinski definition) is 7. The lowest BCUT2D eigenvalue weighted by atomic mass is 10.3. The van der Waals surface area contributed by atoms with E-state index in [1.54, 1.807) is 24.5 Å². The first-order valence-corrected chi connectivity index (χ1v) is 10.0. The van der Waals surface area contributed by atoms with Gasteiger partial charge < -0.3 is 14.8 Å². The molecule has 0 amide bonds. The van der Waals surface area contributed by atoms with Gasteiger partial charge in [-0.3, -0.25) is 0 Å². The Labute approximate surface area is 150 Å². The largest absolute Gasteiger partial charge is 0.382 e. The molecule has 2 aromatic heterocycles. The molecule has 0 aliphatic heterocycles. The highest BCUT2D eigenvalue weighted by Crippen LogP contribution is 2.35. The highest BCUT2D eigenvalue weighted by Gasteiger charge is 2.14. The molecule has 2 rings (SSSR count).